The lowest BCUT2D eigenvalue weighted by Gasteiger charge is -2.20. The Hall–Kier alpha value is -1.35. The van der Waals surface area contributed by atoms with E-state index in [9.17, 15) is 4.79 Å². The number of rotatable bonds is 5. The van der Waals surface area contributed by atoms with Gasteiger partial charge < -0.3 is 10.2 Å². The van der Waals surface area contributed by atoms with Crippen molar-refractivity contribution in [1.82, 2.24) is 10.2 Å². The second kappa shape index (κ2) is 6.71. The molecule has 104 valence electrons. The topological polar surface area (TPSA) is 32.3 Å². The molecule has 3 heteroatoms. The van der Waals surface area contributed by atoms with Gasteiger partial charge in [-0.25, -0.2) is 0 Å². The van der Waals surface area contributed by atoms with Crippen molar-refractivity contribution >= 4 is 5.91 Å². The zero-order valence-electron chi connectivity index (χ0n) is 12.0. The van der Waals surface area contributed by atoms with E-state index >= 15 is 0 Å². The molecule has 2 rings (SSSR count). The van der Waals surface area contributed by atoms with Crippen LogP contribution < -0.4 is 5.32 Å². The Kier molecular flexibility index (Phi) is 4.97. The quantitative estimate of drug-likeness (QED) is 0.825. The summed E-state index contributed by atoms with van der Waals surface area (Å²) in [5.74, 6) is 0.143. The lowest BCUT2D eigenvalue weighted by Crippen LogP contribution is -2.29. The summed E-state index contributed by atoms with van der Waals surface area (Å²) in [6.45, 7) is 4.95. The Morgan fingerprint density at radius 3 is 2.95 bits per heavy atom. The molecule has 1 amide bonds. The van der Waals surface area contributed by atoms with Crippen molar-refractivity contribution in [2.24, 2.45) is 0 Å². The first-order chi connectivity index (χ1) is 9.22. The molecule has 1 aromatic rings. The van der Waals surface area contributed by atoms with E-state index in [1.54, 1.807) is 0 Å². The van der Waals surface area contributed by atoms with E-state index in [1.807, 2.05) is 18.0 Å². The molecule has 3 nitrogen and oxygen atoms in total. The summed E-state index contributed by atoms with van der Waals surface area (Å²) in [6, 6.07) is 6.15. The number of hydrogen-bond donors (Lipinski definition) is 1. The first-order valence-electron chi connectivity index (χ1n) is 7.30. The fourth-order valence-corrected chi connectivity index (χ4v) is 2.53. The number of nitrogens with one attached hydrogen (secondary N) is 1. The second-order valence-corrected chi connectivity index (χ2v) is 5.34. The van der Waals surface area contributed by atoms with Crippen molar-refractivity contribution in [2.75, 3.05) is 20.1 Å². The number of hydrogen-bond acceptors (Lipinski definition) is 2. The molecule has 0 saturated carbocycles. The van der Waals surface area contributed by atoms with Crippen molar-refractivity contribution in [3.05, 3.63) is 34.9 Å². The Labute approximate surface area is 116 Å². The number of carbonyl (C=O) groups is 1. The van der Waals surface area contributed by atoms with Gasteiger partial charge in [-0.15, -0.1) is 0 Å². The van der Waals surface area contributed by atoms with Crippen LogP contribution in [-0.2, 0) is 13.0 Å². The van der Waals surface area contributed by atoms with Gasteiger partial charge in [0.15, 0.2) is 0 Å². The smallest absolute Gasteiger partial charge is 0.253 e. The highest BCUT2D eigenvalue weighted by atomic mass is 16.2. The molecule has 0 unspecified atom stereocenters. The van der Waals surface area contributed by atoms with Gasteiger partial charge in [0.25, 0.3) is 5.91 Å². The van der Waals surface area contributed by atoms with Gasteiger partial charge in [0.2, 0.25) is 0 Å². The third kappa shape index (κ3) is 3.57. The van der Waals surface area contributed by atoms with E-state index in [1.165, 1.54) is 24.0 Å². The molecule has 0 atom stereocenters. The van der Waals surface area contributed by atoms with E-state index in [-0.39, 0.29) is 5.91 Å². The van der Waals surface area contributed by atoms with Gasteiger partial charge in [-0.05, 0) is 42.6 Å². The molecule has 0 aromatic heterocycles. The lowest BCUT2D eigenvalue weighted by molar-refractivity contribution is 0.0792. The molecular formula is C16H24N2O. The molecule has 0 saturated heterocycles. The molecule has 0 fully saturated rings. The van der Waals surface area contributed by atoms with Crippen LogP contribution in [0.2, 0.25) is 0 Å². The summed E-state index contributed by atoms with van der Waals surface area (Å²) in [4.78, 5) is 14.2. The predicted octanol–water partition coefficient (Wildman–Crippen LogP) is 2.59. The van der Waals surface area contributed by atoms with Crippen LogP contribution in [0.5, 0.6) is 0 Å². The second-order valence-electron chi connectivity index (χ2n) is 5.34. The number of amides is 1. The van der Waals surface area contributed by atoms with Gasteiger partial charge >= 0.3 is 0 Å². The van der Waals surface area contributed by atoms with E-state index in [0.29, 0.717) is 0 Å². The van der Waals surface area contributed by atoms with Crippen LogP contribution in [0.4, 0.5) is 0 Å². The molecule has 1 N–H and O–H groups in total. The highest BCUT2D eigenvalue weighted by Gasteiger charge is 2.15. The summed E-state index contributed by atoms with van der Waals surface area (Å²) in [6.07, 6.45) is 4.53. The number of carbonyl (C=O) groups excluding carboxylic acids is 1. The van der Waals surface area contributed by atoms with Crippen LogP contribution >= 0.6 is 0 Å². The maximum Gasteiger partial charge on any atom is 0.253 e. The highest BCUT2D eigenvalue weighted by Crippen LogP contribution is 2.17. The van der Waals surface area contributed by atoms with Gasteiger partial charge in [-0.2, -0.15) is 0 Å². The molecule has 0 aliphatic carbocycles. The molecule has 1 heterocycles. The minimum absolute atomic E-state index is 0.143. The molecular weight excluding hydrogens is 236 g/mol. The first-order valence-corrected chi connectivity index (χ1v) is 7.30. The minimum atomic E-state index is 0.143. The minimum Gasteiger partial charge on any atom is -0.342 e. The summed E-state index contributed by atoms with van der Waals surface area (Å²) in [5.41, 5.74) is 3.48. The third-order valence-corrected chi connectivity index (χ3v) is 3.78. The SMILES string of the molecule is CCCCCN(C)C(=O)c1ccc2c(c1)CNCC2. The van der Waals surface area contributed by atoms with Crippen molar-refractivity contribution in [2.45, 2.75) is 39.2 Å². The largest absolute Gasteiger partial charge is 0.342 e. The van der Waals surface area contributed by atoms with Gasteiger partial charge in [0.05, 0.1) is 0 Å². The van der Waals surface area contributed by atoms with Crippen LogP contribution in [0.15, 0.2) is 18.2 Å². The third-order valence-electron chi connectivity index (χ3n) is 3.78. The number of benzene rings is 1. The fourth-order valence-electron chi connectivity index (χ4n) is 2.53. The monoisotopic (exact) mass is 260 g/mol. The lowest BCUT2D eigenvalue weighted by atomic mass is 9.98. The molecule has 0 radical (unpaired) electrons. The normalized spacial score (nSPS) is 14.0. The van der Waals surface area contributed by atoms with Crippen molar-refractivity contribution in [3.63, 3.8) is 0 Å². The van der Waals surface area contributed by atoms with Crippen LogP contribution in [0, 0.1) is 0 Å². The molecule has 0 spiro atoms. The first kappa shape index (κ1) is 14.1. The predicted molar refractivity (Wildman–Crippen MR) is 78.3 cm³/mol. The summed E-state index contributed by atoms with van der Waals surface area (Å²) in [5, 5.41) is 3.35. The van der Waals surface area contributed by atoms with E-state index in [4.69, 9.17) is 0 Å². The maximum absolute atomic E-state index is 12.3. The molecule has 0 bridgehead atoms. The number of fused-ring (bicyclic) bond motifs is 1. The van der Waals surface area contributed by atoms with E-state index in [2.05, 4.69) is 24.4 Å². The summed E-state index contributed by atoms with van der Waals surface area (Å²) in [7, 11) is 1.90. The number of unbranched alkanes of at least 4 members (excludes halogenated alkanes) is 2. The highest BCUT2D eigenvalue weighted by molar-refractivity contribution is 5.94. The summed E-state index contributed by atoms with van der Waals surface area (Å²) >= 11 is 0. The Balaban J connectivity index is 2.02. The van der Waals surface area contributed by atoms with Gasteiger partial charge in [0, 0.05) is 25.7 Å². The van der Waals surface area contributed by atoms with E-state index < -0.39 is 0 Å². The molecule has 1 aromatic carbocycles. The number of nitrogens with zero attached hydrogens (tertiary/aromatic N) is 1. The zero-order valence-corrected chi connectivity index (χ0v) is 12.0. The van der Waals surface area contributed by atoms with Crippen molar-refractivity contribution in [1.29, 1.82) is 0 Å². The van der Waals surface area contributed by atoms with Crippen LogP contribution in [0.1, 0.15) is 47.7 Å². The Morgan fingerprint density at radius 2 is 2.16 bits per heavy atom. The zero-order chi connectivity index (χ0) is 13.7. The van der Waals surface area contributed by atoms with Crippen LogP contribution in [0.3, 0.4) is 0 Å². The van der Waals surface area contributed by atoms with Crippen LogP contribution in [0.25, 0.3) is 0 Å². The van der Waals surface area contributed by atoms with Gasteiger partial charge in [-0.3, -0.25) is 4.79 Å². The molecule has 1 aliphatic heterocycles. The van der Waals surface area contributed by atoms with Gasteiger partial charge in [0.1, 0.15) is 0 Å². The summed E-state index contributed by atoms with van der Waals surface area (Å²) < 4.78 is 0. The van der Waals surface area contributed by atoms with Crippen LogP contribution in [-0.4, -0.2) is 30.9 Å². The average Bonchev–Trinajstić information content (AvgIpc) is 2.46. The molecule has 19 heavy (non-hydrogen) atoms. The van der Waals surface area contributed by atoms with Gasteiger partial charge in [-0.1, -0.05) is 25.8 Å². The average molecular weight is 260 g/mol. The van der Waals surface area contributed by atoms with E-state index in [0.717, 1.165) is 38.0 Å². The standard InChI is InChI=1S/C16H24N2O/c1-3-4-5-10-18(2)16(19)14-7-6-13-8-9-17-12-15(13)11-14/h6-7,11,17H,3-5,8-10,12H2,1-2H3. The maximum atomic E-state index is 12.3. The Bertz CT molecular complexity index is 442. The fraction of sp³-hybridized carbons (Fsp3) is 0.562. The van der Waals surface area contributed by atoms with Crippen molar-refractivity contribution in [3.8, 4) is 0 Å². The Morgan fingerprint density at radius 1 is 1.32 bits per heavy atom. The molecule has 1 aliphatic rings. The van der Waals surface area contributed by atoms with Crippen molar-refractivity contribution < 1.29 is 4.79 Å².